The molecular weight excluding hydrogens is 399 g/mol. The Bertz CT molecular complexity index is 908. The summed E-state index contributed by atoms with van der Waals surface area (Å²) in [6.07, 6.45) is -1.56. The van der Waals surface area contributed by atoms with Gasteiger partial charge in [0, 0.05) is 18.3 Å². The number of hydrogen-bond acceptors (Lipinski definition) is 4. The van der Waals surface area contributed by atoms with Crippen molar-refractivity contribution in [3.05, 3.63) is 64.3 Å². The van der Waals surface area contributed by atoms with Gasteiger partial charge in [-0.05, 0) is 30.3 Å². The number of alkyl halides is 2. The molecule has 0 saturated heterocycles. The second kappa shape index (κ2) is 7.62. The van der Waals surface area contributed by atoms with Gasteiger partial charge in [0.25, 0.3) is 6.43 Å². The van der Waals surface area contributed by atoms with Gasteiger partial charge in [-0.3, -0.25) is 14.8 Å². The lowest BCUT2D eigenvalue weighted by molar-refractivity contribution is -0.115. The van der Waals surface area contributed by atoms with E-state index in [1.54, 1.807) is 36.4 Å². The lowest BCUT2D eigenvalue weighted by Gasteiger charge is -2.34. The summed E-state index contributed by atoms with van der Waals surface area (Å²) >= 11 is 12.0. The number of ether oxygens (including phenoxy) is 1. The standard InChI is InChI=1S/C18H15Cl2F2N3O2/c1-24-9-11(18(23)26)16(17(21)22)25(24)13-4-2-3-5-15(13)27-14-7-6-10(19)8-12(14)20/h2-9,16-17H,1H3,(H2,23,26). The van der Waals surface area contributed by atoms with Crippen molar-refractivity contribution in [3.8, 4) is 11.5 Å². The van der Waals surface area contributed by atoms with Gasteiger partial charge in [0.2, 0.25) is 5.91 Å². The molecule has 1 aliphatic rings. The number of nitrogens with zero attached hydrogens (tertiary/aromatic N) is 2. The van der Waals surface area contributed by atoms with E-state index in [1.165, 1.54) is 29.3 Å². The summed E-state index contributed by atoms with van der Waals surface area (Å²) in [5.74, 6) is -0.320. The van der Waals surface area contributed by atoms with Crippen molar-refractivity contribution in [3.63, 3.8) is 0 Å². The summed E-state index contributed by atoms with van der Waals surface area (Å²) in [6, 6.07) is 9.73. The predicted octanol–water partition coefficient (Wildman–Crippen LogP) is 4.46. The Morgan fingerprint density at radius 1 is 1.19 bits per heavy atom. The highest BCUT2D eigenvalue weighted by Crippen LogP contribution is 2.40. The molecule has 2 aromatic carbocycles. The lowest BCUT2D eigenvalue weighted by atomic mass is 10.1. The summed E-state index contributed by atoms with van der Waals surface area (Å²) in [6.45, 7) is 0. The largest absolute Gasteiger partial charge is 0.454 e. The number of carbonyl (C=O) groups is 1. The number of carbonyl (C=O) groups excluding carboxylic acids is 1. The minimum Gasteiger partial charge on any atom is -0.454 e. The minimum absolute atomic E-state index is 0.188. The Kier molecular flexibility index (Phi) is 5.43. The average molecular weight is 414 g/mol. The van der Waals surface area contributed by atoms with Gasteiger partial charge in [-0.25, -0.2) is 8.78 Å². The maximum absolute atomic E-state index is 13.7. The van der Waals surface area contributed by atoms with Gasteiger partial charge in [0.1, 0.15) is 17.5 Å². The van der Waals surface area contributed by atoms with Crippen molar-refractivity contribution in [1.82, 2.24) is 5.01 Å². The molecule has 0 saturated carbocycles. The van der Waals surface area contributed by atoms with Crippen LogP contribution in [0.2, 0.25) is 10.0 Å². The molecule has 0 radical (unpaired) electrons. The van der Waals surface area contributed by atoms with Gasteiger partial charge in [-0.1, -0.05) is 35.3 Å². The third-order valence-electron chi connectivity index (χ3n) is 4.00. The van der Waals surface area contributed by atoms with Crippen LogP contribution in [-0.2, 0) is 4.79 Å². The predicted molar refractivity (Wildman–Crippen MR) is 100 cm³/mol. The zero-order valence-corrected chi connectivity index (χ0v) is 15.6. The van der Waals surface area contributed by atoms with E-state index in [0.717, 1.165) is 0 Å². The fourth-order valence-corrected chi connectivity index (χ4v) is 3.30. The number of primary amides is 1. The molecule has 0 aromatic heterocycles. The Morgan fingerprint density at radius 2 is 1.89 bits per heavy atom. The second-order valence-corrected chi connectivity index (χ2v) is 6.63. The fraction of sp³-hybridized carbons (Fsp3) is 0.167. The molecule has 9 heteroatoms. The molecule has 0 bridgehead atoms. The van der Waals surface area contributed by atoms with Crippen LogP contribution in [0.5, 0.6) is 11.5 Å². The SMILES string of the molecule is CN1C=C(C(N)=O)C(C(F)F)N1c1ccccc1Oc1ccc(Cl)cc1Cl. The van der Waals surface area contributed by atoms with Gasteiger partial charge in [0.05, 0.1) is 10.6 Å². The molecule has 0 fully saturated rings. The van der Waals surface area contributed by atoms with Gasteiger partial charge >= 0.3 is 0 Å². The molecule has 27 heavy (non-hydrogen) atoms. The summed E-state index contributed by atoms with van der Waals surface area (Å²) in [5.41, 5.74) is 5.40. The molecule has 1 aliphatic heterocycles. The average Bonchev–Trinajstić information content (AvgIpc) is 2.95. The fourth-order valence-electron chi connectivity index (χ4n) is 2.85. The van der Waals surface area contributed by atoms with Crippen molar-refractivity contribution in [2.45, 2.75) is 12.5 Å². The number of halogens is 4. The van der Waals surface area contributed by atoms with E-state index < -0.39 is 18.4 Å². The number of hydrazine groups is 1. The van der Waals surface area contributed by atoms with Crippen molar-refractivity contribution in [2.75, 3.05) is 12.1 Å². The molecule has 3 rings (SSSR count). The van der Waals surface area contributed by atoms with E-state index >= 15 is 0 Å². The summed E-state index contributed by atoms with van der Waals surface area (Å²) in [7, 11) is 1.54. The molecule has 5 nitrogen and oxygen atoms in total. The molecule has 1 amide bonds. The summed E-state index contributed by atoms with van der Waals surface area (Å²) in [4.78, 5) is 11.6. The highest BCUT2D eigenvalue weighted by atomic mass is 35.5. The van der Waals surface area contributed by atoms with E-state index in [4.69, 9.17) is 33.7 Å². The van der Waals surface area contributed by atoms with Crippen molar-refractivity contribution in [2.24, 2.45) is 5.73 Å². The van der Waals surface area contributed by atoms with Crippen LogP contribution in [0.25, 0.3) is 0 Å². The molecule has 142 valence electrons. The Labute approximate surface area is 164 Å². The monoisotopic (exact) mass is 413 g/mol. The molecule has 2 N–H and O–H groups in total. The number of anilines is 1. The topological polar surface area (TPSA) is 58.8 Å². The van der Waals surface area contributed by atoms with Gasteiger partial charge in [0.15, 0.2) is 5.75 Å². The summed E-state index contributed by atoms with van der Waals surface area (Å²) in [5, 5.41) is 3.34. The first-order valence-electron chi connectivity index (χ1n) is 7.83. The maximum Gasteiger partial charge on any atom is 0.265 e. The smallest absolute Gasteiger partial charge is 0.265 e. The van der Waals surface area contributed by atoms with Gasteiger partial charge in [-0.2, -0.15) is 0 Å². The quantitative estimate of drug-likeness (QED) is 0.785. The number of nitrogens with two attached hydrogens (primary N) is 1. The van der Waals surface area contributed by atoms with Crippen LogP contribution in [-0.4, -0.2) is 30.4 Å². The molecule has 1 heterocycles. The van der Waals surface area contributed by atoms with Crippen LogP contribution in [0.3, 0.4) is 0 Å². The highest BCUT2D eigenvalue weighted by Gasteiger charge is 2.41. The molecule has 2 aromatic rings. The van der Waals surface area contributed by atoms with Crippen LogP contribution in [0.1, 0.15) is 0 Å². The number of amides is 1. The van der Waals surface area contributed by atoms with E-state index in [1.807, 2.05) is 0 Å². The minimum atomic E-state index is -2.85. The van der Waals surface area contributed by atoms with E-state index in [9.17, 15) is 13.6 Å². The van der Waals surface area contributed by atoms with E-state index in [0.29, 0.717) is 16.5 Å². The van der Waals surface area contributed by atoms with Crippen LogP contribution < -0.4 is 15.5 Å². The Hall–Kier alpha value is -2.51. The van der Waals surface area contributed by atoms with Gasteiger partial charge < -0.3 is 10.5 Å². The number of para-hydroxylation sites is 2. The Balaban J connectivity index is 2.01. The van der Waals surface area contributed by atoms with Crippen LogP contribution >= 0.6 is 23.2 Å². The van der Waals surface area contributed by atoms with Crippen LogP contribution in [0.4, 0.5) is 14.5 Å². The number of rotatable bonds is 5. The highest BCUT2D eigenvalue weighted by molar-refractivity contribution is 6.35. The molecule has 1 atom stereocenters. The second-order valence-electron chi connectivity index (χ2n) is 5.79. The van der Waals surface area contributed by atoms with Crippen LogP contribution in [0, 0.1) is 0 Å². The lowest BCUT2D eigenvalue weighted by Crippen LogP contribution is -2.45. The van der Waals surface area contributed by atoms with Crippen molar-refractivity contribution in [1.29, 1.82) is 0 Å². The zero-order valence-electron chi connectivity index (χ0n) is 14.1. The maximum atomic E-state index is 13.7. The van der Waals surface area contributed by atoms with Gasteiger partial charge in [-0.15, -0.1) is 0 Å². The third-order valence-corrected chi connectivity index (χ3v) is 4.53. The van der Waals surface area contributed by atoms with E-state index in [-0.39, 0.29) is 16.3 Å². The summed E-state index contributed by atoms with van der Waals surface area (Å²) < 4.78 is 33.3. The first-order chi connectivity index (χ1) is 12.8. The van der Waals surface area contributed by atoms with Crippen molar-refractivity contribution >= 4 is 34.8 Å². The van der Waals surface area contributed by atoms with Crippen molar-refractivity contribution < 1.29 is 18.3 Å². The molecule has 0 spiro atoms. The first-order valence-corrected chi connectivity index (χ1v) is 8.58. The van der Waals surface area contributed by atoms with Crippen LogP contribution in [0.15, 0.2) is 54.2 Å². The Morgan fingerprint density at radius 3 is 2.52 bits per heavy atom. The normalized spacial score (nSPS) is 16.7. The third kappa shape index (κ3) is 3.79. The zero-order chi connectivity index (χ0) is 19.7. The molecular formula is C18H15Cl2F2N3O2. The number of hydrogen-bond donors (Lipinski definition) is 1. The first kappa shape index (κ1) is 19.3. The number of benzene rings is 2. The molecule has 1 unspecified atom stereocenters. The molecule has 0 aliphatic carbocycles. The van der Waals surface area contributed by atoms with E-state index in [2.05, 4.69) is 0 Å².